The maximum Gasteiger partial charge on any atom is 0.336 e. The van der Waals surface area contributed by atoms with Crippen molar-refractivity contribution in [1.29, 1.82) is 0 Å². The lowest BCUT2D eigenvalue weighted by Crippen LogP contribution is -2.08. The van der Waals surface area contributed by atoms with Gasteiger partial charge in [-0.15, -0.1) is 0 Å². The van der Waals surface area contributed by atoms with Crippen molar-refractivity contribution in [1.82, 2.24) is 4.98 Å². The number of ether oxygens (including phenoxy) is 2. The molecule has 25 heavy (non-hydrogen) atoms. The van der Waals surface area contributed by atoms with Crippen molar-refractivity contribution in [3.63, 3.8) is 0 Å². The summed E-state index contributed by atoms with van der Waals surface area (Å²) in [6.45, 7) is 0.615. The van der Waals surface area contributed by atoms with Gasteiger partial charge in [0.05, 0.1) is 23.9 Å². The molecule has 0 spiro atoms. The lowest BCUT2D eigenvalue weighted by Gasteiger charge is -2.10. The van der Waals surface area contributed by atoms with Gasteiger partial charge in [-0.05, 0) is 23.8 Å². The fourth-order valence-electron chi connectivity index (χ4n) is 2.19. The van der Waals surface area contributed by atoms with E-state index in [1.165, 1.54) is 31.5 Å². The summed E-state index contributed by atoms with van der Waals surface area (Å²) < 4.78 is 24.2. The van der Waals surface area contributed by atoms with Gasteiger partial charge in [-0.3, -0.25) is 0 Å². The van der Waals surface area contributed by atoms with Crippen molar-refractivity contribution >= 4 is 11.9 Å². The summed E-state index contributed by atoms with van der Waals surface area (Å²) in [6.07, 6.45) is 1.15. The highest BCUT2D eigenvalue weighted by Crippen LogP contribution is 2.21. The number of pyridine rings is 1. The van der Waals surface area contributed by atoms with Crippen LogP contribution in [0.4, 0.5) is 4.39 Å². The number of hydrogen-bond donors (Lipinski definition) is 2. The van der Waals surface area contributed by atoms with Gasteiger partial charge in [0.15, 0.2) is 0 Å². The predicted octanol–water partition coefficient (Wildman–Crippen LogP) is 2.23. The quantitative estimate of drug-likeness (QED) is 0.556. The molecule has 1 heterocycles. The molecule has 1 aromatic heterocycles. The predicted molar refractivity (Wildman–Crippen MR) is 84.7 cm³/mol. The lowest BCUT2D eigenvalue weighted by atomic mass is 9.98. The van der Waals surface area contributed by atoms with Gasteiger partial charge in [-0.25, -0.2) is 14.6 Å². The molecule has 0 fully saturated rings. The summed E-state index contributed by atoms with van der Waals surface area (Å²) in [5, 5.41) is 18.2. The summed E-state index contributed by atoms with van der Waals surface area (Å²) in [5.41, 5.74) is 0.0501. The Labute approximate surface area is 142 Å². The first-order valence-electron chi connectivity index (χ1n) is 7.28. The number of hydrogen-bond acceptors (Lipinski definition) is 5. The zero-order valence-corrected chi connectivity index (χ0v) is 13.4. The van der Waals surface area contributed by atoms with Crippen LogP contribution in [0.1, 0.15) is 31.8 Å². The van der Waals surface area contributed by atoms with E-state index in [2.05, 4.69) is 4.98 Å². The molecule has 0 aliphatic carbocycles. The molecule has 0 unspecified atom stereocenters. The number of aromatic carboxylic acids is 2. The standard InChI is InChI=1S/C17H16FNO6/c1-24-4-5-25-13-7-12(15(18)19-9-13)6-10-2-3-11(16(20)21)8-14(10)17(22)23/h2-3,7-9H,4-6H2,1H3,(H,20,21)(H,22,23). The summed E-state index contributed by atoms with van der Waals surface area (Å²) >= 11 is 0. The summed E-state index contributed by atoms with van der Waals surface area (Å²) in [4.78, 5) is 26.0. The number of benzene rings is 1. The number of carbonyl (C=O) groups is 2. The van der Waals surface area contributed by atoms with Crippen LogP contribution in [0.2, 0.25) is 0 Å². The first-order valence-corrected chi connectivity index (χ1v) is 7.28. The molecule has 0 saturated heterocycles. The third-order valence-electron chi connectivity index (χ3n) is 3.41. The van der Waals surface area contributed by atoms with Crippen LogP contribution < -0.4 is 4.74 Å². The number of aromatic nitrogens is 1. The monoisotopic (exact) mass is 349 g/mol. The minimum Gasteiger partial charge on any atom is -0.490 e. The number of carboxylic acids is 2. The van der Waals surface area contributed by atoms with Gasteiger partial charge in [0.1, 0.15) is 12.4 Å². The molecule has 0 bridgehead atoms. The molecule has 0 aliphatic heterocycles. The van der Waals surface area contributed by atoms with Crippen molar-refractivity contribution in [3.8, 4) is 5.75 Å². The minimum absolute atomic E-state index is 0.0676. The van der Waals surface area contributed by atoms with Gasteiger partial charge >= 0.3 is 11.9 Å². The van der Waals surface area contributed by atoms with Gasteiger partial charge in [0.25, 0.3) is 0 Å². The Morgan fingerprint density at radius 3 is 2.52 bits per heavy atom. The smallest absolute Gasteiger partial charge is 0.336 e. The Bertz CT molecular complexity index is 793. The fourth-order valence-corrected chi connectivity index (χ4v) is 2.19. The second-order valence-corrected chi connectivity index (χ2v) is 5.12. The molecule has 2 N–H and O–H groups in total. The van der Waals surface area contributed by atoms with Gasteiger partial charge in [0.2, 0.25) is 5.95 Å². The van der Waals surface area contributed by atoms with E-state index in [1.807, 2.05) is 0 Å². The maximum absolute atomic E-state index is 14.0. The van der Waals surface area contributed by atoms with E-state index < -0.39 is 17.9 Å². The largest absolute Gasteiger partial charge is 0.490 e. The Morgan fingerprint density at radius 2 is 1.88 bits per heavy atom. The summed E-state index contributed by atoms with van der Waals surface area (Å²) in [5.74, 6) is -2.96. The molecular weight excluding hydrogens is 333 g/mol. The van der Waals surface area contributed by atoms with Crippen molar-refractivity contribution in [3.05, 3.63) is 58.7 Å². The molecule has 132 valence electrons. The summed E-state index contributed by atoms with van der Waals surface area (Å²) in [6, 6.07) is 5.10. The van der Waals surface area contributed by atoms with Crippen molar-refractivity contribution in [2.75, 3.05) is 20.3 Å². The van der Waals surface area contributed by atoms with Gasteiger partial charge < -0.3 is 19.7 Å². The first kappa shape index (κ1) is 18.3. The molecular formula is C17H16FNO6. The van der Waals surface area contributed by atoms with Crippen LogP contribution >= 0.6 is 0 Å². The SMILES string of the molecule is COCCOc1cnc(F)c(Cc2ccc(C(=O)O)cc2C(=O)O)c1. The Morgan fingerprint density at radius 1 is 1.12 bits per heavy atom. The number of carboxylic acid groups (broad SMARTS) is 2. The molecule has 7 nitrogen and oxygen atoms in total. The topological polar surface area (TPSA) is 106 Å². The van der Waals surface area contributed by atoms with Crippen LogP contribution in [0, 0.1) is 5.95 Å². The van der Waals surface area contributed by atoms with Crippen LogP contribution in [-0.2, 0) is 11.2 Å². The normalized spacial score (nSPS) is 10.5. The number of methoxy groups -OCH3 is 1. The molecule has 0 atom stereocenters. The fraction of sp³-hybridized carbons (Fsp3) is 0.235. The average Bonchev–Trinajstić information content (AvgIpc) is 2.57. The summed E-state index contributed by atoms with van der Waals surface area (Å²) in [7, 11) is 1.52. The van der Waals surface area contributed by atoms with Crippen molar-refractivity contribution in [2.24, 2.45) is 0 Å². The zero-order chi connectivity index (χ0) is 18.4. The lowest BCUT2D eigenvalue weighted by molar-refractivity contribution is 0.0695. The van der Waals surface area contributed by atoms with Crippen LogP contribution in [0.3, 0.4) is 0 Å². The average molecular weight is 349 g/mol. The van der Waals surface area contributed by atoms with Crippen LogP contribution in [0.5, 0.6) is 5.75 Å². The highest BCUT2D eigenvalue weighted by molar-refractivity contribution is 5.94. The van der Waals surface area contributed by atoms with E-state index in [0.29, 0.717) is 12.4 Å². The number of halogens is 1. The second kappa shape index (κ2) is 8.20. The first-order chi connectivity index (χ1) is 11.9. The minimum atomic E-state index is -1.29. The van der Waals surface area contributed by atoms with Gasteiger partial charge in [0, 0.05) is 19.1 Å². The Kier molecular flexibility index (Phi) is 6.02. The second-order valence-electron chi connectivity index (χ2n) is 5.12. The molecule has 2 rings (SSSR count). The Hall–Kier alpha value is -3.00. The van der Waals surface area contributed by atoms with E-state index in [0.717, 1.165) is 6.07 Å². The van der Waals surface area contributed by atoms with Crippen LogP contribution in [0.15, 0.2) is 30.5 Å². The van der Waals surface area contributed by atoms with E-state index in [9.17, 15) is 19.1 Å². The number of rotatable bonds is 8. The third-order valence-corrected chi connectivity index (χ3v) is 3.41. The van der Waals surface area contributed by atoms with Crippen LogP contribution in [0.25, 0.3) is 0 Å². The molecule has 0 saturated carbocycles. The molecule has 0 amide bonds. The molecule has 0 aliphatic rings. The maximum atomic E-state index is 14.0. The Balaban J connectivity index is 2.30. The van der Waals surface area contributed by atoms with Gasteiger partial charge in [-0.1, -0.05) is 6.07 Å². The third kappa shape index (κ3) is 4.74. The van der Waals surface area contributed by atoms with Crippen LogP contribution in [-0.4, -0.2) is 47.5 Å². The highest BCUT2D eigenvalue weighted by Gasteiger charge is 2.16. The van der Waals surface area contributed by atoms with E-state index >= 15 is 0 Å². The highest BCUT2D eigenvalue weighted by atomic mass is 19.1. The molecule has 1 aromatic carbocycles. The van der Waals surface area contributed by atoms with E-state index in [4.69, 9.17) is 14.6 Å². The van der Waals surface area contributed by atoms with Crippen molar-refractivity contribution in [2.45, 2.75) is 6.42 Å². The zero-order valence-electron chi connectivity index (χ0n) is 13.4. The van der Waals surface area contributed by atoms with E-state index in [1.54, 1.807) is 0 Å². The molecule has 0 radical (unpaired) electrons. The van der Waals surface area contributed by atoms with E-state index in [-0.39, 0.29) is 35.3 Å². The number of nitrogens with zero attached hydrogens (tertiary/aromatic N) is 1. The van der Waals surface area contributed by atoms with Gasteiger partial charge in [-0.2, -0.15) is 4.39 Å². The molecule has 2 aromatic rings. The molecule has 8 heteroatoms. The van der Waals surface area contributed by atoms with Crippen molar-refractivity contribution < 1.29 is 33.7 Å².